The molecule has 4 heterocycles. The van der Waals surface area contributed by atoms with Gasteiger partial charge in [-0.05, 0) is 18.2 Å². The van der Waals surface area contributed by atoms with Gasteiger partial charge in [-0.3, -0.25) is 4.98 Å². The quantitative estimate of drug-likeness (QED) is 0.721. The molecular weight excluding hydrogens is 321 g/mol. The molecule has 7 nitrogen and oxygen atoms in total. The Bertz CT molecular complexity index is 833. The number of rotatable bonds is 3. The number of halogens is 1. The smallest absolute Gasteiger partial charge is 0.225 e. The normalized spacial score (nSPS) is 14.6. The zero-order valence-corrected chi connectivity index (χ0v) is 13.5. The second-order valence-electron chi connectivity index (χ2n) is 5.66. The van der Waals surface area contributed by atoms with Crippen molar-refractivity contribution >= 4 is 11.9 Å². The number of nitrogens with zero attached hydrogens (tertiary/aromatic N) is 7. The molecule has 0 amide bonds. The monoisotopic (exact) mass is 337 g/mol. The molecule has 1 aliphatic rings. The fourth-order valence-electron chi connectivity index (χ4n) is 2.75. The van der Waals surface area contributed by atoms with Crippen LogP contribution in [0.25, 0.3) is 11.3 Å². The summed E-state index contributed by atoms with van der Waals surface area (Å²) in [6.45, 7) is 2.95. The van der Waals surface area contributed by atoms with Gasteiger partial charge in [-0.25, -0.2) is 24.3 Å². The first kappa shape index (κ1) is 15.4. The number of aromatic nitrogens is 5. The van der Waals surface area contributed by atoms with Crippen LogP contribution in [-0.4, -0.2) is 51.1 Å². The maximum Gasteiger partial charge on any atom is 0.225 e. The second kappa shape index (κ2) is 6.76. The van der Waals surface area contributed by atoms with E-state index in [9.17, 15) is 4.39 Å². The van der Waals surface area contributed by atoms with Crippen molar-refractivity contribution in [3.05, 3.63) is 55.0 Å². The van der Waals surface area contributed by atoms with Gasteiger partial charge in [0, 0.05) is 50.3 Å². The van der Waals surface area contributed by atoms with E-state index in [1.165, 1.54) is 12.4 Å². The van der Waals surface area contributed by atoms with Crippen molar-refractivity contribution in [2.75, 3.05) is 36.0 Å². The van der Waals surface area contributed by atoms with Gasteiger partial charge in [0.15, 0.2) is 5.82 Å². The lowest BCUT2D eigenvalue weighted by atomic mass is 10.2. The molecule has 126 valence electrons. The maximum atomic E-state index is 12.9. The van der Waals surface area contributed by atoms with Crippen LogP contribution < -0.4 is 9.80 Å². The molecule has 0 aliphatic carbocycles. The zero-order chi connectivity index (χ0) is 17.1. The van der Waals surface area contributed by atoms with E-state index in [0.29, 0.717) is 11.9 Å². The number of anilines is 2. The third-order valence-electron chi connectivity index (χ3n) is 4.05. The lowest BCUT2D eigenvalue weighted by Gasteiger charge is -2.34. The molecule has 1 fully saturated rings. The van der Waals surface area contributed by atoms with Crippen molar-refractivity contribution < 1.29 is 4.39 Å². The average Bonchev–Trinajstić information content (AvgIpc) is 2.70. The summed E-state index contributed by atoms with van der Waals surface area (Å²) < 4.78 is 12.9. The minimum atomic E-state index is -0.428. The molecule has 0 radical (unpaired) electrons. The first-order valence-electron chi connectivity index (χ1n) is 8.00. The van der Waals surface area contributed by atoms with Crippen molar-refractivity contribution in [1.29, 1.82) is 0 Å². The fourth-order valence-corrected chi connectivity index (χ4v) is 2.75. The van der Waals surface area contributed by atoms with Gasteiger partial charge in [0.25, 0.3) is 0 Å². The number of hydrogen-bond acceptors (Lipinski definition) is 7. The molecule has 3 aromatic heterocycles. The molecule has 0 bridgehead atoms. The van der Waals surface area contributed by atoms with Crippen LogP contribution in [0.15, 0.2) is 49.2 Å². The molecule has 0 atom stereocenters. The molecule has 0 aromatic carbocycles. The molecular formula is C17H16FN7. The summed E-state index contributed by atoms with van der Waals surface area (Å²) in [6, 6.07) is 5.74. The van der Waals surface area contributed by atoms with Gasteiger partial charge in [0.2, 0.25) is 11.9 Å². The van der Waals surface area contributed by atoms with Crippen molar-refractivity contribution in [3.8, 4) is 11.3 Å². The summed E-state index contributed by atoms with van der Waals surface area (Å²) in [5.41, 5.74) is 1.81. The van der Waals surface area contributed by atoms with Crippen molar-refractivity contribution in [2.24, 2.45) is 0 Å². The van der Waals surface area contributed by atoms with Gasteiger partial charge in [-0.15, -0.1) is 0 Å². The summed E-state index contributed by atoms with van der Waals surface area (Å²) >= 11 is 0. The highest BCUT2D eigenvalue weighted by molar-refractivity contribution is 5.58. The molecule has 0 N–H and O–H groups in total. The van der Waals surface area contributed by atoms with E-state index in [1.807, 2.05) is 23.1 Å². The highest BCUT2D eigenvalue weighted by Crippen LogP contribution is 2.19. The maximum absolute atomic E-state index is 12.9. The van der Waals surface area contributed by atoms with E-state index in [2.05, 4.69) is 29.8 Å². The molecule has 3 aromatic rings. The molecule has 1 aliphatic heterocycles. The Balaban J connectivity index is 1.47. The molecule has 0 spiro atoms. The minimum Gasteiger partial charge on any atom is -0.337 e. The Hall–Kier alpha value is -3.16. The van der Waals surface area contributed by atoms with Crippen LogP contribution in [0.4, 0.5) is 16.3 Å². The van der Waals surface area contributed by atoms with Gasteiger partial charge in [-0.1, -0.05) is 0 Å². The average molecular weight is 337 g/mol. The minimum absolute atomic E-state index is 0.428. The molecule has 1 saturated heterocycles. The Morgan fingerprint density at radius 1 is 0.800 bits per heavy atom. The van der Waals surface area contributed by atoms with Gasteiger partial charge in [-0.2, -0.15) is 0 Å². The summed E-state index contributed by atoms with van der Waals surface area (Å²) in [4.78, 5) is 25.4. The van der Waals surface area contributed by atoms with Crippen LogP contribution in [0.3, 0.4) is 0 Å². The van der Waals surface area contributed by atoms with E-state index >= 15 is 0 Å². The Kier molecular flexibility index (Phi) is 4.16. The zero-order valence-electron chi connectivity index (χ0n) is 13.5. The second-order valence-corrected chi connectivity index (χ2v) is 5.66. The highest BCUT2D eigenvalue weighted by Gasteiger charge is 2.21. The van der Waals surface area contributed by atoms with E-state index in [0.717, 1.165) is 37.4 Å². The van der Waals surface area contributed by atoms with Crippen molar-refractivity contribution in [3.63, 3.8) is 0 Å². The summed E-state index contributed by atoms with van der Waals surface area (Å²) in [5, 5.41) is 0. The summed E-state index contributed by atoms with van der Waals surface area (Å²) in [7, 11) is 0. The predicted molar refractivity (Wildman–Crippen MR) is 91.7 cm³/mol. The fraction of sp³-hybridized carbons (Fsp3) is 0.235. The third kappa shape index (κ3) is 3.37. The Morgan fingerprint density at radius 2 is 1.52 bits per heavy atom. The van der Waals surface area contributed by atoms with E-state index < -0.39 is 5.82 Å². The number of piperazine rings is 1. The van der Waals surface area contributed by atoms with Crippen LogP contribution in [0.5, 0.6) is 0 Å². The van der Waals surface area contributed by atoms with Crippen molar-refractivity contribution in [1.82, 2.24) is 24.9 Å². The SMILES string of the molecule is Fc1cnc(N2CCN(c3nccc(-c4cccnc4)n3)CC2)nc1. The molecule has 0 saturated carbocycles. The first-order valence-corrected chi connectivity index (χ1v) is 8.00. The van der Waals surface area contributed by atoms with E-state index in [-0.39, 0.29) is 0 Å². The van der Waals surface area contributed by atoms with E-state index in [1.54, 1.807) is 18.6 Å². The Labute approximate surface area is 144 Å². The van der Waals surface area contributed by atoms with Crippen molar-refractivity contribution in [2.45, 2.75) is 0 Å². The lowest BCUT2D eigenvalue weighted by Crippen LogP contribution is -2.47. The van der Waals surface area contributed by atoms with Crippen LogP contribution >= 0.6 is 0 Å². The summed E-state index contributed by atoms with van der Waals surface area (Å²) in [5.74, 6) is 0.815. The van der Waals surface area contributed by atoms with Gasteiger partial charge in [0.05, 0.1) is 18.1 Å². The Morgan fingerprint density at radius 3 is 2.20 bits per heavy atom. The van der Waals surface area contributed by atoms with Gasteiger partial charge in [0.1, 0.15) is 0 Å². The van der Waals surface area contributed by atoms with Gasteiger partial charge < -0.3 is 9.80 Å². The third-order valence-corrected chi connectivity index (χ3v) is 4.05. The molecule has 8 heteroatoms. The number of pyridine rings is 1. The van der Waals surface area contributed by atoms with Crippen LogP contribution in [0.2, 0.25) is 0 Å². The van der Waals surface area contributed by atoms with Crippen LogP contribution in [-0.2, 0) is 0 Å². The molecule has 25 heavy (non-hydrogen) atoms. The topological polar surface area (TPSA) is 70.9 Å². The first-order chi connectivity index (χ1) is 12.3. The highest BCUT2D eigenvalue weighted by atomic mass is 19.1. The largest absolute Gasteiger partial charge is 0.337 e. The van der Waals surface area contributed by atoms with Crippen LogP contribution in [0.1, 0.15) is 0 Å². The van der Waals surface area contributed by atoms with E-state index in [4.69, 9.17) is 0 Å². The summed E-state index contributed by atoms with van der Waals surface area (Å²) in [6.07, 6.45) is 7.67. The predicted octanol–water partition coefficient (Wildman–Crippen LogP) is 1.79. The lowest BCUT2D eigenvalue weighted by molar-refractivity contribution is 0.600. The van der Waals surface area contributed by atoms with Crippen LogP contribution in [0, 0.1) is 5.82 Å². The van der Waals surface area contributed by atoms with Gasteiger partial charge >= 0.3 is 0 Å². The number of hydrogen-bond donors (Lipinski definition) is 0. The molecule has 0 unspecified atom stereocenters. The molecule has 4 rings (SSSR count). The standard InChI is InChI=1S/C17H16FN7/c18-14-11-21-16(22-12-14)24-6-8-25(9-7-24)17-20-5-3-15(23-17)13-2-1-4-19-10-13/h1-5,10-12H,6-9H2.